The number of aliphatic hydroxyl groups is 1. The maximum absolute atomic E-state index is 14.6. The summed E-state index contributed by atoms with van der Waals surface area (Å²) in [7, 11) is 0. The number of halogens is 4. The highest BCUT2D eigenvalue weighted by atomic mass is 19.4. The fourth-order valence-electron chi connectivity index (χ4n) is 3.98. The number of aromatic amines is 1. The quantitative estimate of drug-likeness (QED) is 0.303. The summed E-state index contributed by atoms with van der Waals surface area (Å²) in [5.41, 5.74) is 1.37. The smallest absolute Gasteiger partial charge is 0.385 e. The van der Waals surface area contributed by atoms with Gasteiger partial charge in [-0.3, -0.25) is 0 Å². The van der Waals surface area contributed by atoms with Gasteiger partial charge >= 0.3 is 6.18 Å². The molecule has 3 N–H and O–H groups in total. The number of aromatic nitrogens is 6. The lowest BCUT2D eigenvalue weighted by molar-refractivity contribution is -0.141. The average Bonchev–Trinajstić information content (AvgIpc) is 3.44. The van der Waals surface area contributed by atoms with Crippen LogP contribution in [-0.4, -0.2) is 41.4 Å². The van der Waals surface area contributed by atoms with E-state index in [1.165, 1.54) is 43.8 Å². The third-order valence-corrected chi connectivity index (χ3v) is 5.50. The lowest BCUT2D eigenvalue weighted by Gasteiger charge is -2.12. The first kappa shape index (κ1) is 22.7. The van der Waals surface area contributed by atoms with Crippen molar-refractivity contribution in [2.24, 2.45) is 0 Å². The first-order valence-corrected chi connectivity index (χ1v) is 10.7. The molecular weight excluding hydrogens is 466 g/mol. The summed E-state index contributed by atoms with van der Waals surface area (Å²) in [5.74, 6) is -0.334. The summed E-state index contributed by atoms with van der Waals surface area (Å²) in [4.78, 5) is 15.9. The van der Waals surface area contributed by atoms with E-state index in [0.29, 0.717) is 45.3 Å². The molecule has 1 atom stereocenters. The summed E-state index contributed by atoms with van der Waals surface area (Å²) in [6.07, 6.45) is -0.0129. The van der Waals surface area contributed by atoms with E-state index in [1.807, 2.05) is 6.92 Å². The third kappa shape index (κ3) is 3.95. The van der Waals surface area contributed by atoms with Gasteiger partial charge in [0.05, 0.1) is 22.3 Å². The Balaban J connectivity index is 1.85. The second-order valence-corrected chi connectivity index (χ2v) is 7.92. The highest BCUT2D eigenvalue weighted by molar-refractivity contribution is 6.15. The number of H-pyrrole nitrogens is 1. The Morgan fingerprint density at radius 2 is 1.89 bits per heavy atom. The van der Waals surface area contributed by atoms with Crippen LogP contribution >= 0.6 is 0 Å². The number of rotatable bonds is 5. The molecule has 0 aliphatic carbocycles. The van der Waals surface area contributed by atoms with Crippen LogP contribution < -0.4 is 5.32 Å². The second-order valence-electron chi connectivity index (χ2n) is 7.92. The lowest BCUT2D eigenvalue weighted by atomic mass is 10.0. The molecular formula is C23H19F4N7O. The molecule has 0 aliphatic heterocycles. The van der Waals surface area contributed by atoms with Gasteiger partial charge in [0.1, 0.15) is 17.6 Å². The molecule has 4 aromatic heterocycles. The Bertz CT molecular complexity index is 1540. The molecule has 0 unspecified atom stereocenters. The molecule has 5 rings (SSSR count). The molecule has 0 saturated carbocycles. The van der Waals surface area contributed by atoms with Crippen LogP contribution in [0.1, 0.15) is 31.5 Å². The molecule has 4 heterocycles. The standard InChI is InChI=1S/C23H19F4N7O/c1-3-28-16-7-13(24)6-14-18-20(34-5-4-17(33-34)23(25,26)27)15(10-31-22(18)32-19(14)16)12-8-29-21(11(2)35)30-9-12/h4-11,28,35H,3H2,1-2H3,(H,31,32)/t11-/m1/s1. The van der Waals surface area contributed by atoms with Crippen LogP contribution in [0, 0.1) is 5.82 Å². The Morgan fingerprint density at radius 1 is 1.14 bits per heavy atom. The molecule has 0 aliphatic rings. The fourth-order valence-corrected chi connectivity index (χ4v) is 3.98. The third-order valence-electron chi connectivity index (χ3n) is 5.50. The maximum atomic E-state index is 14.6. The van der Waals surface area contributed by atoms with Crippen molar-refractivity contribution in [3.63, 3.8) is 0 Å². The molecule has 0 fully saturated rings. The number of anilines is 1. The van der Waals surface area contributed by atoms with E-state index in [-0.39, 0.29) is 11.5 Å². The number of hydrogen-bond donors (Lipinski definition) is 3. The zero-order chi connectivity index (χ0) is 24.9. The molecule has 0 bridgehead atoms. The molecule has 0 radical (unpaired) electrons. The van der Waals surface area contributed by atoms with Crippen molar-refractivity contribution in [3.05, 3.63) is 60.3 Å². The van der Waals surface area contributed by atoms with E-state index >= 15 is 0 Å². The van der Waals surface area contributed by atoms with Gasteiger partial charge in [-0.25, -0.2) is 24.0 Å². The van der Waals surface area contributed by atoms with Crippen molar-refractivity contribution in [1.82, 2.24) is 29.7 Å². The van der Waals surface area contributed by atoms with Crippen LogP contribution in [0.5, 0.6) is 0 Å². The summed E-state index contributed by atoms with van der Waals surface area (Å²) < 4.78 is 55.8. The van der Waals surface area contributed by atoms with Gasteiger partial charge in [0, 0.05) is 47.8 Å². The number of alkyl halides is 3. The minimum absolute atomic E-state index is 0.187. The van der Waals surface area contributed by atoms with Gasteiger partial charge in [-0.15, -0.1) is 0 Å². The SMILES string of the molecule is CCNc1cc(F)cc2c1[nH]c1ncc(-c3cnc([C@@H](C)O)nc3)c(-n3ccc(C(F)(F)F)n3)c12. The number of fused-ring (bicyclic) bond motifs is 3. The second kappa shape index (κ2) is 8.31. The normalized spacial score (nSPS) is 13.0. The Kier molecular flexibility index (Phi) is 5.39. The van der Waals surface area contributed by atoms with E-state index in [2.05, 4.69) is 30.4 Å². The zero-order valence-electron chi connectivity index (χ0n) is 18.5. The average molecular weight is 485 g/mol. The van der Waals surface area contributed by atoms with Crippen molar-refractivity contribution in [3.8, 4) is 16.8 Å². The maximum Gasteiger partial charge on any atom is 0.435 e. The van der Waals surface area contributed by atoms with E-state index < -0.39 is 23.8 Å². The minimum atomic E-state index is -4.65. The number of benzene rings is 1. The largest absolute Gasteiger partial charge is 0.435 e. The van der Waals surface area contributed by atoms with E-state index in [1.54, 1.807) is 0 Å². The van der Waals surface area contributed by atoms with Crippen LogP contribution in [0.3, 0.4) is 0 Å². The summed E-state index contributed by atoms with van der Waals surface area (Å²) in [6, 6.07) is 3.49. The molecule has 1 aromatic carbocycles. The van der Waals surface area contributed by atoms with Crippen LogP contribution in [0.2, 0.25) is 0 Å². The van der Waals surface area contributed by atoms with Crippen LogP contribution in [0.4, 0.5) is 23.2 Å². The molecule has 180 valence electrons. The minimum Gasteiger partial charge on any atom is -0.385 e. The van der Waals surface area contributed by atoms with Gasteiger partial charge in [0.2, 0.25) is 0 Å². The predicted molar refractivity (Wildman–Crippen MR) is 122 cm³/mol. The molecule has 8 nitrogen and oxygen atoms in total. The first-order valence-electron chi connectivity index (χ1n) is 10.7. The van der Waals surface area contributed by atoms with Gasteiger partial charge in [0.15, 0.2) is 11.5 Å². The first-order chi connectivity index (χ1) is 16.7. The number of hydrogen-bond acceptors (Lipinski definition) is 6. The van der Waals surface area contributed by atoms with Crippen molar-refractivity contribution < 1.29 is 22.7 Å². The fraction of sp³-hybridized carbons (Fsp3) is 0.217. The van der Waals surface area contributed by atoms with Gasteiger partial charge < -0.3 is 15.4 Å². The zero-order valence-corrected chi connectivity index (χ0v) is 18.5. The predicted octanol–water partition coefficient (Wildman–Crippen LogP) is 5.00. The van der Waals surface area contributed by atoms with Gasteiger partial charge in [-0.1, -0.05) is 0 Å². The number of nitrogens with zero attached hydrogens (tertiary/aromatic N) is 5. The van der Waals surface area contributed by atoms with Crippen LogP contribution in [-0.2, 0) is 6.18 Å². The number of aliphatic hydroxyl groups excluding tert-OH is 1. The molecule has 0 saturated heterocycles. The number of nitrogens with one attached hydrogen (secondary N) is 2. The molecule has 0 amide bonds. The Labute approximate surface area is 195 Å². The van der Waals surface area contributed by atoms with E-state index in [4.69, 9.17) is 0 Å². The summed E-state index contributed by atoms with van der Waals surface area (Å²) >= 11 is 0. The van der Waals surface area contributed by atoms with Gasteiger partial charge in [-0.05, 0) is 32.0 Å². The summed E-state index contributed by atoms with van der Waals surface area (Å²) in [6.45, 7) is 3.90. The Morgan fingerprint density at radius 3 is 2.51 bits per heavy atom. The number of pyridine rings is 1. The highest BCUT2D eigenvalue weighted by Crippen LogP contribution is 2.39. The molecule has 0 spiro atoms. The van der Waals surface area contributed by atoms with Crippen molar-refractivity contribution in [1.29, 1.82) is 0 Å². The Hall–Kier alpha value is -4.06. The topological polar surface area (TPSA) is 105 Å². The monoisotopic (exact) mass is 485 g/mol. The molecule has 35 heavy (non-hydrogen) atoms. The van der Waals surface area contributed by atoms with E-state index in [9.17, 15) is 22.7 Å². The molecule has 5 aromatic rings. The van der Waals surface area contributed by atoms with Crippen molar-refractivity contribution in [2.75, 3.05) is 11.9 Å². The molecule has 12 heteroatoms. The van der Waals surface area contributed by atoms with Gasteiger partial charge in [-0.2, -0.15) is 18.3 Å². The van der Waals surface area contributed by atoms with Crippen LogP contribution in [0.15, 0.2) is 43.0 Å². The van der Waals surface area contributed by atoms with Crippen LogP contribution in [0.25, 0.3) is 38.8 Å². The summed E-state index contributed by atoms with van der Waals surface area (Å²) in [5, 5.41) is 17.4. The van der Waals surface area contributed by atoms with Crippen molar-refractivity contribution >= 4 is 27.6 Å². The van der Waals surface area contributed by atoms with Crippen molar-refractivity contribution in [2.45, 2.75) is 26.1 Å². The highest BCUT2D eigenvalue weighted by Gasteiger charge is 2.34. The lowest BCUT2D eigenvalue weighted by Crippen LogP contribution is -2.08. The van der Waals surface area contributed by atoms with Gasteiger partial charge in [0.25, 0.3) is 0 Å². The van der Waals surface area contributed by atoms with E-state index in [0.717, 1.165) is 10.7 Å².